The molecular weight excluding hydrogens is 164 g/mol. The summed E-state index contributed by atoms with van der Waals surface area (Å²) in [6.07, 6.45) is 4.79. The fourth-order valence-corrected chi connectivity index (χ4v) is 1.90. The molecule has 1 heterocycles. The molecule has 72 valence electrons. The number of aryl methyl sites for hydroxylation is 1. The van der Waals surface area contributed by atoms with E-state index in [4.69, 9.17) is 5.73 Å². The van der Waals surface area contributed by atoms with Crippen molar-refractivity contribution in [2.24, 2.45) is 12.8 Å². The van der Waals surface area contributed by atoms with Crippen molar-refractivity contribution in [3.63, 3.8) is 0 Å². The van der Waals surface area contributed by atoms with Gasteiger partial charge in [-0.15, -0.1) is 5.10 Å². The van der Waals surface area contributed by atoms with Gasteiger partial charge in [-0.3, -0.25) is 4.68 Å². The van der Waals surface area contributed by atoms with Gasteiger partial charge in [0.2, 0.25) is 0 Å². The Kier molecular flexibility index (Phi) is 2.31. The van der Waals surface area contributed by atoms with E-state index in [2.05, 4.69) is 10.3 Å². The quantitative estimate of drug-likeness (QED) is 0.740. The van der Waals surface area contributed by atoms with Gasteiger partial charge in [-0.25, -0.2) is 0 Å². The zero-order chi connectivity index (χ0) is 9.26. The standard InChI is InChI=1S/C9H16N4/c1-13-9(7-3-2-4-7)8(5-6-10)11-12-13/h7H,2-6,10H2,1H3. The molecule has 0 aliphatic heterocycles. The molecule has 2 rings (SSSR count). The first-order chi connectivity index (χ1) is 6.33. The zero-order valence-corrected chi connectivity index (χ0v) is 8.03. The first kappa shape index (κ1) is 8.69. The lowest BCUT2D eigenvalue weighted by molar-refractivity contribution is 0.394. The van der Waals surface area contributed by atoms with Crippen LogP contribution in [0.4, 0.5) is 0 Å². The van der Waals surface area contributed by atoms with E-state index in [0.717, 1.165) is 12.1 Å². The fraction of sp³-hybridized carbons (Fsp3) is 0.778. The SMILES string of the molecule is Cn1nnc(CCN)c1C1CCC1. The van der Waals surface area contributed by atoms with Gasteiger partial charge in [-0.05, 0) is 19.4 Å². The second kappa shape index (κ2) is 3.46. The van der Waals surface area contributed by atoms with Crippen LogP contribution in [0.1, 0.15) is 36.6 Å². The van der Waals surface area contributed by atoms with E-state index in [-0.39, 0.29) is 0 Å². The van der Waals surface area contributed by atoms with E-state index < -0.39 is 0 Å². The van der Waals surface area contributed by atoms with E-state index >= 15 is 0 Å². The summed E-state index contributed by atoms with van der Waals surface area (Å²) in [5, 5.41) is 8.19. The van der Waals surface area contributed by atoms with Crippen molar-refractivity contribution in [2.75, 3.05) is 6.54 Å². The molecule has 1 saturated carbocycles. The average molecular weight is 180 g/mol. The third-order valence-electron chi connectivity index (χ3n) is 2.82. The summed E-state index contributed by atoms with van der Waals surface area (Å²) in [4.78, 5) is 0. The molecule has 1 aromatic heterocycles. The van der Waals surface area contributed by atoms with Gasteiger partial charge in [-0.2, -0.15) is 0 Å². The molecule has 0 unspecified atom stereocenters. The molecule has 13 heavy (non-hydrogen) atoms. The van der Waals surface area contributed by atoms with Gasteiger partial charge in [0, 0.05) is 19.4 Å². The second-order valence-electron chi connectivity index (χ2n) is 3.71. The lowest BCUT2D eigenvalue weighted by Gasteiger charge is -2.25. The fourth-order valence-electron chi connectivity index (χ4n) is 1.90. The molecule has 4 nitrogen and oxygen atoms in total. The maximum Gasteiger partial charge on any atom is 0.0874 e. The molecule has 0 radical (unpaired) electrons. The molecule has 0 saturated heterocycles. The molecule has 2 N–H and O–H groups in total. The molecule has 0 bridgehead atoms. The molecule has 4 heteroatoms. The van der Waals surface area contributed by atoms with Crippen LogP contribution in [0.2, 0.25) is 0 Å². The Balaban J connectivity index is 2.23. The molecule has 1 aromatic rings. The van der Waals surface area contributed by atoms with Crippen LogP contribution in [0, 0.1) is 0 Å². The molecule has 1 aliphatic carbocycles. The van der Waals surface area contributed by atoms with Gasteiger partial charge >= 0.3 is 0 Å². The lowest BCUT2D eigenvalue weighted by Crippen LogP contribution is -2.16. The Bertz CT molecular complexity index is 288. The van der Waals surface area contributed by atoms with Crippen LogP contribution in [0.15, 0.2) is 0 Å². The number of rotatable bonds is 3. The Morgan fingerprint density at radius 1 is 1.54 bits per heavy atom. The van der Waals surface area contributed by atoms with Crippen molar-refractivity contribution >= 4 is 0 Å². The van der Waals surface area contributed by atoms with Gasteiger partial charge in [0.25, 0.3) is 0 Å². The minimum Gasteiger partial charge on any atom is -0.330 e. The van der Waals surface area contributed by atoms with E-state index in [1.165, 1.54) is 25.0 Å². The Morgan fingerprint density at radius 2 is 2.31 bits per heavy atom. The highest BCUT2D eigenvalue weighted by atomic mass is 15.4. The van der Waals surface area contributed by atoms with Crippen LogP contribution in [0.25, 0.3) is 0 Å². The number of hydrogen-bond acceptors (Lipinski definition) is 3. The highest BCUT2D eigenvalue weighted by molar-refractivity contribution is 5.18. The van der Waals surface area contributed by atoms with Crippen molar-refractivity contribution < 1.29 is 0 Å². The normalized spacial score (nSPS) is 17.4. The zero-order valence-electron chi connectivity index (χ0n) is 8.03. The number of nitrogens with zero attached hydrogens (tertiary/aromatic N) is 3. The van der Waals surface area contributed by atoms with Crippen LogP contribution < -0.4 is 5.73 Å². The van der Waals surface area contributed by atoms with Crippen LogP contribution in [0.3, 0.4) is 0 Å². The largest absolute Gasteiger partial charge is 0.330 e. The maximum atomic E-state index is 5.52. The van der Waals surface area contributed by atoms with E-state index in [1.807, 2.05) is 11.7 Å². The van der Waals surface area contributed by atoms with E-state index in [0.29, 0.717) is 12.5 Å². The highest BCUT2D eigenvalue weighted by Crippen LogP contribution is 2.37. The summed E-state index contributed by atoms with van der Waals surface area (Å²) >= 11 is 0. The third-order valence-corrected chi connectivity index (χ3v) is 2.82. The Hall–Kier alpha value is -0.900. The minimum absolute atomic E-state index is 0.665. The molecule has 1 aliphatic rings. The van der Waals surface area contributed by atoms with Gasteiger partial charge in [0.1, 0.15) is 0 Å². The van der Waals surface area contributed by atoms with E-state index in [9.17, 15) is 0 Å². The summed E-state index contributed by atoms with van der Waals surface area (Å²) in [6.45, 7) is 0.665. The minimum atomic E-state index is 0.665. The first-order valence-electron chi connectivity index (χ1n) is 4.91. The van der Waals surface area contributed by atoms with Crippen molar-refractivity contribution in [2.45, 2.75) is 31.6 Å². The summed E-state index contributed by atoms with van der Waals surface area (Å²) < 4.78 is 1.91. The Morgan fingerprint density at radius 3 is 2.85 bits per heavy atom. The van der Waals surface area contributed by atoms with Gasteiger partial charge in [0.15, 0.2) is 0 Å². The summed E-state index contributed by atoms with van der Waals surface area (Å²) in [5.41, 5.74) is 7.94. The number of hydrogen-bond donors (Lipinski definition) is 1. The molecule has 1 fully saturated rings. The van der Waals surface area contributed by atoms with Crippen molar-refractivity contribution in [1.29, 1.82) is 0 Å². The predicted molar refractivity (Wildman–Crippen MR) is 50.4 cm³/mol. The smallest absolute Gasteiger partial charge is 0.0874 e. The number of nitrogens with two attached hydrogens (primary N) is 1. The van der Waals surface area contributed by atoms with Crippen LogP contribution in [-0.4, -0.2) is 21.5 Å². The molecule has 0 atom stereocenters. The molecule has 0 amide bonds. The van der Waals surface area contributed by atoms with E-state index in [1.54, 1.807) is 0 Å². The summed E-state index contributed by atoms with van der Waals surface area (Å²) in [7, 11) is 1.97. The molecule has 0 spiro atoms. The lowest BCUT2D eigenvalue weighted by atomic mass is 9.82. The third kappa shape index (κ3) is 1.46. The van der Waals surface area contributed by atoms with Gasteiger partial charge in [-0.1, -0.05) is 11.6 Å². The van der Waals surface area contributed by atoms with Crippen molar-refractivity contribution in [3.8, 4) is 0 Å². The topological polar surface area (TPSA) is 56.7 Å². The van der Waals surface area contributed by atoms with Crippen LogP contribution in [-0.2, 0) is 13.5 Å². The highest BCUT2D eigenvalue weighted by Gasteiger charge is 2.25. The average Bonchev–Trinajstić information content (AvgIpc) is 2.34. The Labute approximate surface area is 78.1 Å². The molecular formula is C9H16N4. The molecule has 0 aromatic carbocycles. The van der Waals surface area contributed by atoms with Crippen LogP contribution in [0.5, 0.6) is 0 Å². The van der Waals surface area contributed by atoms with Gasteiger partial charge < -0.3 is 5.73 Å². The summed E-state index contributed by atoms with van der Waals surface area (Å²) in [6, 6.07) is 0. The summed E-state index contributed by atoms with van der Waals surface area (Å²) in [5.74, 6) is 0.696. The first-order valence-corrected chi connectivity index (χ1v) is 4.91. The number of aromatic nitrogens is 3. The second-order valence-corrected chi connectivity index (χ2v) is 3.71. The van der Waals surface area contributed by atoms with Gasteiger partial charge in [0.05, 0.1) is 11.4 Å². The predicted octanol–water partition coefficient (Wildman–Crippen LogP) is 0.584. The van der Waals surface area contributed by atoms with Crippen molar-refractivity contribution in [3.05, 3.63) is 11.4 Å². The monoisotopic (exact) mass is 180 g/mol. The van der Waals surface area contributed by atoms with Crippen molar-refractivity contribution in [1.82, 2.24) is 15.0 Å². The maximum absolute atomic E-state index is 5.52. The van der Waals surface area contributed by atoms with Crippen LogP contribution >= 0.6 is 0 Å².